The molecule has 1 aliphatic rings. The zero-order valence-corrected chi connectivity index (χ0v) is 17.8. The van der Waals surface area contributed by atoms with Crippen LogP contribution in [0.4, 0.5) is 0 Å². The molecule has 4 rings (SSSR count). The number of thiophene rings is 1. The maximum atomic E-state index is 4.87. The summed E-state index contributed by atoms with van der Waals surface area (Å²) in [5.41, 5.74) is 2.21. The topological polar surface area (TPSA) is 52.6 Å². The van der Waals surface area contributed by atoms with Crippen molar-refractivity contribution in [1.29, 1.82) is 0 Å². The standard InChI is InChI=1S/C23H29N5S/c1-2-24-23(26-16-18-11-12-25-20-9-4-3-8-19(18)20)27-17-21(22-10-7-15-29-22)28-13-5-6-14-28/h3-4,7-12,15,21H,2,5-6,13-14,16-17H2,1H3,(H2,24,26,27). The number of guanidine groups is 1. The highest BCUT2D eigenvalue weighted by molar-refractivity contribution is 7.10. The van der Waals surface area contributed by atoms with Gasteiger partial charge >= 0.3 is 0 Å². The van der Waals surface area contributed by atoms with Crippen LogP contribution in [0.25, 0.3) is 10.9 Å². The zero-order valence-electron chi connectivity index (χ0n) is 17.0. The van der Waals surface area contributed by atoms with Crippen LogP contribution in [0.2, 0.25) is 0 Å². The molecule has 0 saturated carbocycles. The molecule has 1 saturated heterocycles. The smallest absolute Gasteiger partial charge is 0.191 e. The van der Waals surface area contributed by atoms with Gasteiger partial charge in [0, 0.05) is 29.5 Å². The number of para-hydroxylation sites is 1. The van der Waals surface area contributed by atoms with Gasteiger partial charge in [-0.25, -0.2) is 4.99 Å². The van der Waals surface area contributed by atoms with Gasteiger partial charge in [0.15, 0.2) is 5.96 Å². The van der Waals surface area contributed by atoms with E-state index in [1.807, 2.05) is 29.7 Å². The number of fused-ring (bicyclic) bond motifs is 1. The van der Waals surface area contributed by atoms with Crippen LogP contribution < -0.4 is 10.6 Å². The lowest BCUT2D eigenvalue weighted by molar-refractivity contribution is 0.249. The second-order valence-electron chi connectivity index (χ2n) is 7.34. The molecule has 5 nitrogen and oxygen atoms in total. The molecule has 6 heteroatoms. The average molecular weight is 408 g/mol. The molecule has 0 bridgehead atoms. The van der Waals surface area contributed by atoms with Crippen molar-refractivity contribution >= 4 is 28.2 Å². The summed E-state index contributed by atoms with van der Waals surface area (Å²) in [7, 11) is 0. The summed E-state index contributed by atoms with van der Waals surface area (Å²) < 4.78 is 0. The van der Waals surface area contributed by atoms with Crippen molar-refractivity contribution in [2.45, 2.75) is 32.4 Å². The van der Waals surface area contributed by atoms with Gasteiger partial charge in [-0.1, -0.05) is 24.3 Å². The number of aromatic nitrogens is 1. The number of benzene rings is 1. The molecule has 2 aromatic heterocycles. The third-order valence-corrected chi connectivity index (χ3v) is 6.38. The summed E-state index contributed by atoms with van der Waals surface area (Å²) in [5.74, 6) is 0.870. The zero-order chi connectivity index (χ0) is 19.9. The molecule has 29 heavy (non-hydrogen) atoms. The minimum atomic E-state index is 0.406. The lowest BCUT2D eigenvalue weighted by atomic mass is 10.1. The minimum Gasteiger partial charge on any atom is -0.357 e. The van der Waals surface area contributed by atoms with E-state index in [-0.39, 0.29) is 0 Å². The van der Waals surface area contributed by atoms with Crippen molar-refractivity contribution in [1.82, 2.24) is 20.5 Å². The first-order valence-corrected chi connectivity index (χ1v) is 11.4. The number of hydrogen-bond donors (Lipinski definition) is 2. The van der Waals surface area contributed by atoms with Gasteiger partial charge < -0.3 is 10.6 Å². The van der Waals surface area contributed by atoms with Crippen molar-refractivity contribution in [3.63, 3.8) is 0 Å². The van der Waals surface area contributed by atoms with Crippen LogP contribution in [0.5, 0.6) is 0 Å². The van der Waals surface area contributed by atoms with E-state index in [2.05, 4.69) is 63.2 Å². The van der Waals surface area contributed by atoms with Crippen LogP contribution in [0.15, 0.2) is 59.0 Å². The highest BCUT2D eigenvalue weighted by Crippen LogP contribution is 2.27. The Balaban J connectivity index is 1.48. The van der Waals surface area contributed by atoms with E-state index in [0.29, 0.717) is 12.6 Å². The number of nitrogens with zero attached hydrogens (tertiary/aromatic N) is 3. The largest absolute Gasteiger partial charge is 0.357 e. The fourth-order valence-electron chi connectivity index (χ4n) is 3.94. The van der Waals surface area contributed by atoms with Crippen LogP contribution in [0, 0.1) is 0 Å². The molecule has 3 heterocycles. The number of likely N-dealkylation sites (tertiary alicyclic amines) is 1. The maximum absolute atomic E-state index is 4.87. The second-order valence-corrected chi connectivity index (χ2v) is 8.32. The Morgan fingerprint density at radius 1 is 1.14 bits per heavy atom. The molecule has 1 unspecified atom stereocenters. The lowest BCUT2D eigenvalue weighted by Crippen LogP contribution is -2.42. The van der Waals surface area contributed by atoms with E-state index in [1.165, 1.54) is 41.8 Å². The summed E-state index contributed by atoms with van der Waals surface area (Å²) in [5, 5.41) is 10.3. The maximum Gasteiger partial charge on any atom is 0.191 e. The Hall–Kier alpha value is -2.44. The number of pyridine rings is 1. The van der Waals surface area contributed by atoms with E-state index in [4.69, 9.17) is 4.99 Å². The van der Waals surface area contributed by atoms with Gasteiger partial charge in [-0.15, -0.1) is 11.3 Å². The van der Waals surface area contributed by atoms with Gasteiger partial charge in [0.05, 0.1) is 18.1 Å². The highest BCUT2D eigenvalue weighted by Gasteiger charge is 2.24. The summed E-state index contributed by atoms with van der Waals surface area (Å²) in [4.78, 5) is 13.3. The predicted octanol–water partition coefficient (Wildman–Crippen LogP) is 4.19. The third kappa shape index (κ3) is 4.95. The van der Waals surface area contributed by atoms with Crippen LogP contribution in [-0.4, -0.2) is 42.0 Å². The molecule has 0 spiro atoms. The molecule has 0 amide bonds. The number of hydrogen-bond acceptors (Lipinski definition) is 4. The van der Waals surface area contributed by atoms with Crippen molar-refractivity contribution in [2.24, 2.45) is 4.99 Å². The number of aliphatic imine (C=N–C) groups is 1. The minimum absolute atomic E-state index is 0.406. The molecular formula is C23H29N5S. The van der Waals surface area contributed by atoms with Gasteiger partial charge in [0.1, 0.15) is 0 Å². The quantitative estimate of drug-likeness (QED) is 0.456. The number of rotatable bonds is 7. The summed E-state index contributed by atoms with van der Waals surface area (Å²) in [6, 6.07) is 15.1. The fraction of sp³-hybridized carbons (Fsp3) is 0.391. The molecule has 3 aromatic rings. The van der Waals surface area contributed by atoms with Crippen molar-refractivity contribution in [3.8, 4) is 0 Å². The molecule has 0 aliphatic carbocycles. The third-order valence-electron chi connectivity index (χ3n) is 5.41. The first-order chi connectivity index (χ1) is 14.3. The van der Waals surface area contributed by atoms with E-state index in [0.717, 1.165) is 24.6 Å². The first-order valence-electron chi connectivity index (χ1n) is 10.5. The molecule has 1 aliphatic heterocycles. The second kappa shape index (κ2) is 9.85. The SMILES string of the molecule is CCNC(=NCc1ccnc2ccccc12)NCC(c1cccs1)N1CCCC1. The molecule has 1 atom stereocenters. The highest BCUT2D eigenvalue weighted by atomic mass is 32.1. The Kier molecular flexibility index (Phi) is 6.75. The van der Waals surface area contributed by atoms with Gasteiger partial charge in [-0.05, 0) is 62.0 Å². The molecule has 152 valence electrons. The van der Waals surface area contributed by atoms with Crippen molar-refractivity contribution in [3.05, 3.63) is 64.5 Å². The van der Waals surface area contributed by atoms with Gasteiger partial charge in [-0.2, -0.15) is 0 Å². The van der Waals surface area contributed by atoms with Gasteiger partial charge in [0.2, 0.25) is 0 Å². The fourth-order valence-corrected chi connectivity index (χ4v) is 4.80. The van der Waals surface area contributed by atoms with Crippen LogP contribution >= 0.6 is 11.3 Å². The summed E-state index contributed by atoms with van der Waals surface area (Å²) >= 11 is 1.85. The van der Waals surface area contributed by atoms with Gasteiger partial charge in [0.25, 0.3) is 0 Å². The van der Waals surface area contributed by atoms with E-state index >= 15 is 0 Å². The molecule has 1 aromatic carbocycles. The normalized spacial score (nSPS) is 16.2. The molecule has 0 radical (unpaired) electrons. The monoisotopic (exact) mass is 407 g/mol. The van der Waals surface area contributed by atoms with Crippen LogP contribution in [0.3, 0.4) is 0 Å². The van der Waals surface area contributed by atoms with Gasteiger partial charge in [-0.3, -0.25) is 9.88 Å². The average Bonchev–Trinajstić information content (AvgIpc) is 3.47. The van der Waals surface area contributed by atoms with Crippen molar-refractivity contribution in [2.75, 3.05) is 26.2 Å². The Morgan fingerprint density at radius 3 is 2.79 bits per heavy atom. The summed E-state index contributed by atoms with van der Waals surface area (Å²) in [6.45, 7) is 6.81. The van der Waals surface area contributed by atoms with Crippen molar-refractivity contribution < 1.29 is 0 Å². The van der Waals surface area contributed by atoms with Crippen LogP contribution in [-0.2, 0) is 6.54 Å². The molecule has 2 N–H and O–H groups in total. The first kappa shape index (κ1) is 19.9. The Morgan fingerprint density at radius 2 is 2.00 bits per heavy atom. The van der Waals surface area contributed by atoms with E-state index in [9.17, 15) is 0 Å². The molecular weight excluding hydrogens is 378 g/mol. The van der Waals surface area contributed by atoms with E-state index in [1.54, 1.807) is 0 Å². The Labute approximate surface area is 176 Å². The number of nitrogens with one attached hydrogen (secondary N) is 2. The van der Waals surface area contributed by atoms with Crippen LogP contribution in [0.1, 0.15) is 36.2 Å². The summed E-state index contributed by atoms with van der Waals surface area (Å²) in [6.07, 6.45) is 4.46. The lowest BCUT2D eigenvalue weighted by Gasteiger charge is -2.27. The Bertz CT molecular complexity index is 926. The predicted molar refractivity (Wildman–Crippen MR) is 122 cm³/mol. The molecule has 1 fully saturated rings. The van der Waals surface area contributed by atoms with E-state index < -0.39 is 0 Å².